The van der Waals surface area contributed by atoms with E-state index in [1.807, 2.05) is 0 Å². The first-order valence-electron chi connectivity index (χ1n) is 6.18. The first-order valence-corrected chi connectivity index (χ1v) is 6.18. The first-order chi connectivity index (χ1) is 10.0. The Morgan fingerprint density at radius 1 is 1.38 bits per heavy atom. The van der Waals surface area contributed by atoms with Gasteiger partial charge in [0.1, 0.15) is 12.3 Å². The quantitative estimate of drug-likeness (QED) is 0.634. The predicted molar refractivity (Wildman–Crippen MR) is 76.3 cm³/mol. The average molecular weight is 289 g/mol. The molecule has 1 unspecified atom stereocenters. The van der Waals surface area contributed by atoms with Gasteiger partial charge in [-0.15, -0.1) is 0 Å². The molecule has 2 heterocycles. The number of pyridine rings is 2. The van der Waals surface area contributed by atoms with Crippen LogP contribution in [0, 0.1) is 5.21 Å². The van der Waals surface area contributed by atoms with Crippen molar-refractivity contribution in [2.75, 3.05) is 14.2 Å². The second-order valence-corrected chi connectivity index (χ2v) is 4.40. The summed E-state index contributed by atoms with van der Waals surface area (Å²) in [5.41, 5.74) is 0.885. The molecule has 0 fully saturated rings. The molecule has 0 bridgehead atoms. The Morgan fingerprint density at radius 3 is 2.86 bits per heavy atom. The van der Waals surface area contributed by atoms with Gasteiger partial charge in [0.15, 0.2) is 0 Å². The molecule has 1 atom stereocenters. The van der Waals surface area contributed by atoms with Crippen LogP contribution in [0.25, 0.3) is 0 Å². The van der Waals surface area contributed by atoms with Gasteiger partial charge < -0.3 is 14.7 Å². The normalized spacial score (nSPS) is 13.3. The van der Waals surface area contributed by atoms with Gasteiger partial charge in [0.2, 0.25) is 5.88 Å². The van der Waals surface area contributed by atoms with Crippen molar-refractivity contribution in [3.8, 4) is 5.88 Å². The molecular weight excluding hydrogens is 274 g/mol. The Morgan fingerprint density at radius 2 is 2.19 bits per heavy atom. The number of nitrogens with zero attached hydrogens (tertiary/aromatic N) is 3. The van der Waals surface area contributed by atoms with E-state index in [9.17, 15) is 10.0 Å². The molecule has 0 saturated heterocycles. The minimum absolute atomic E-state index is 0.00896. The molecule has 0 aromatic carbocycles. The maximum absolute atomic E-state index is 12.5. The zero-order valence-electron chi connectivity index (χ0n) is 11.7. The maximum Gasteiger partial charge on any atom is 0.521 e. The van der Waals surface area contributed by atoms with Crippen LogP contribution in [0.15, 0.2) is 42.9 Å². The van der Waals surface area contributed by atoms with Crippen molar-refractivity contribution in [2.24, 2.45) is 0 Å². The van der Waals surface area contributed by atoms with Crippen LogP contribution in [-0.2, 0) is 11.3 Å². The van der Waals surface area contributed by atoms with Gasteiger partial charge in [0, 0.05) is 30.2 Å². The minimum Gasteiger partial charge on any atom is -0.617 e. The van der Waals surface area contributed by atoms with Crippen LogP contribution in [0.1, 0.15) is 5.56 Å². The monoisotopic (exact) mass is 289 g/mol. The van der Waals surface area contributed by atoms with Crippen molar-refractivity contribution in [3.05, 3.63) is 53.6 Å². The summed E-state index contributed by atoms with van der Waals surface area (Å²) in [4.78, 5) is 19.8. The van der Waals surface area contributed by atoms with Crippen LogP contribution in [0.4, 0.5) is 10.5 Å². The molecular formula is C14H15N3O4. The molecule has 2 aromatic rings. The van der Waals surface area contributed by atoms with Crippen molar-refractivity contribution in [1.29, 1.82) is 0 Å². The van der Waals surface area contributed by atoms with E-state index in [4.69, 9.17) is 9.47 Å². The summed E-state index contributed by atoms with van der Waals surface area (Å²) in [6.45, 7) is -0.00896. The first kappa shape index (κ1) is 14.9. The van der Waals surface area contributed by atoms with Gasteiger partial charge >= 0.3 is 6.09 Å². The van der Waals surface area contributed by atoms with Crippen LogP contribution < -0.4 is 9.38 Å². The zero-order valence-corrected chi connectivity index (χ0v) is 11.7. The number of hydrogen-bond donors (Lipinski definition) is 0. The second kappa shape index (κ2) is 6.29. The molecule has 21 heavy (non-hydrogen) atoms. The number of ether oxygens (including phenoxy) is 2. The third kappa shape index (κ3) is 3.53. The minimum atomic E-state index is -1.31. The Bertz CT molecular complexity index is 617. The summed E-state index contributed by atoms with van der Waals surface area (Å²) in [7, 11) is 2.63. The molecule has 0 aliphatic rings. The third-order valence-electron chi connectivity index (χ3n) is 2.85. The van der Waals surface area contributed by atoms with Gasteiger partial charge in [0.05, 0.1) is 20.2 Å². The Labute approximate surface area is 121 Å². The average Bonchev–Trinajstić information content (AvgIpc) is 2.53. The highest BCUT2D eigenvalue weighted by atomic mass is 16.7. The van der Waals surface area contributed by atoms with Gasteiger partial charge in [-0.1, -0.05) is 6.07 Å². The van der Waals surface area contributed by atoms with Gasteiger partial charge in [-0.2, -0.15) is 4.79 Å². The number of hydroxylamine groups is 2. The number of methoxy groups -OCH3 is 1. The topological polar surface area (TPSA) is 84.4 Å². The lowest BCUT2D eigenvalue weighted by Crippen LogP contribution is -2.45. The molecule has 7 heteroatoms. The lowest BCUT2D eigenvalue weighted by molar-refractivity contribution is 0.117. The van der Waals surface area contributed by atoms with E-state index in [0.29, 0.717) is 5.56 Å². The highest BCUT2D eigenvalue weighted by molar-refractivity contribution is 5.82. The zero-order chi connectivity index (χ0) is 15.3. The van der Waals surface area contributed by atoms with Gasteiger partial charge in [-0.3, -0.25) is 4.98 Å². The molecule has 0 N–H and O–H groups in total. The number of hydrogen-bond acceptors (Lipinski definition) is 6. The molecule has 7 nitrogen and oxygen atoms in total. The molecule has 110 valence electrons. The maximum atomic E-state index is 12.5. The lowest BCUT2D eigenvalue weighted by Gasteiger charge is -2.32. The molecule has 0 aliphatic heterocycles. The van der Waals surface area contributed by atoms with E-state index >= 15 is 0 Å². The Kier molecular flexibility index (Phi) is 4.46. The van der Waals surface area contributed by atoms with E-state index in [-0.39, 0.29) is 18.2 Å². The molecule has 0 spiro atoms. The van der Waals surface area contributed by atoms with Crippen LogP contribution in [0.3, 0.4) is 0 Å². The van der Waals surface area contributed by atoms with Crippen molar-refractivity contribution >= 4 is 11.8 Å². The van der Waals surface area contributed by atoms with Crippen LogP contribution in [0.5, 0.6) is 5.88 Å². The largest absolute Gasteiger partial charge is 0.617 e. The molecule has 0 radical (unpaired) electrons. The standard InChI is InChI=1S/C14H15N3O4/c1-17(19,12-5-7-16-13(8-12)20-2)14(18)21-10-11-4-3-6-15-9-11/h3-9H,10H2,1-2H3. The fourth-order valence-corrected chi connectivity index (χ4v) is 1.63. The fraction of sp³-hybridized carbons (Fsp3) is 0.214. The highest BCUT2D eigenvalue weighted by Crippen LogP contribution is 2.24. The Balaban J connectivity index is 2.09. The Hall–Kier alpha value is -2.51. The van der Waals surface area contributed by atoms with Crippen LogP contribution >= 0.6 is 0 Å². The number of carbonyl (C=O) groups is 1. The molecule has 0 saturated carbocycles. The number of carbonyl (C=O) groups excluding carboxylic acids is 1. The molecule has 2 aromatic heterocycles. The SMILES string of the molecule is COc1cc([N+](C)([O-])C(=O)OCc2cccnc2)ccn1. The number of rotatable bonds is 4. The summed E-state index contributed by atoms with van der Waals surface area (Å²) >= 11 is 0. The van der Waals surface area contributed by atoms with E-state index in [1.165, 1.54) is 32.5 Å². The van der Waals surface area contributed by atoms with E-state index in [2.05, 4.69) is 9.97 Å². The molecule has 2 rings (SSSR count). The van der Waals surface area contributed by atoms with Crippen LogP contribution in [0.2, 0.25) is 0 Å². The number of amides is 1. The highest BCUT2D eigenvalue weighted by Gasteiger charge is 2.28. The van der Waals surface area contributed by atoms with Gasteiger partial charge in [-0.25, -0.2) is 9.63 Å². The van der Waals surface area contributed by atoms with Crippen molar-refractivity contribution in [3.63, 3.8) is 0 Å². The smallest absolute Gasteiger partial charge is 0.521 e. The number of quaternary nitrogens is 1. The van der Waals surface area contributed by atoms with Crippen molar-refractivity contribution in [2.45, 2.75) is 6.61 Å². The number of aromatic nitrogens is 2. The summed E-state index contributed by atoms with van der Waals surface area (Å²) in [6.07, 6.45) is 3.66. The van der Waals surface area contributed by atoms with E-state index < -0.39 is 10.7 Å². The second-order valence-electron chi connectivity index (χ2n) is 4.40. The molecule has 0 aliphatic carbocycles. The summed E-state index contributed by atoms with van der Waals surface area (Å²) < 4.78 is 8.67. The van der Waals surface area contributed by atoms with E-state index in [0.717, 1.165) is 0 Å². The summed E-state index contributed by atoms with van der Waals surface area (Å²) in [6, 6.07) is 6.33. The van der Waals surface area contributed by atoms with Gasteiger partial charge in [0.25, 0.3) is 0 Å². The summed E-state index contributed by atoms with van der Waals surface area (Å²) in [5.74, 6) is 0.257. The fourth-order valence-electron chi connectivity index (χ4n) is 1.63. The lowest BCUT2D eigenvalue weighted by atomic mass is 10.3. The van der Waals surface area contributed by atoms with Gasteiger partial charge in [-0.05, 0) is 6.07 Å². The van der Waals surface area contributed by atoms with Crippen LogP contribution in [-0.4, -0.2) is 30.2 Å². The third-order valence-corrected chi connectivity index (χ3v) is 2.85. The van der Waals surface area contributed by atoms with E-state index in [1.54, 1.807) is 24.5 Å². The van der Waals surface area contributed by atoms with Crippen molar-refractivity contribution < 1.29 is 14.3 Å². The predicted octanol–water partition coefficient (Wildman–Crippen LogP) is 2.26. The molecule has 1 amide bonds. The van der Waals surface area contributed by atoms with Crippen molar-refractivity contribution in [1.82, 2.24) is 14.6 Å². The summed E-state index contributed by atoms with van der Waals surface area (Å²) in [5, 5.41) is 12.5.